The number of rotatable bonds is 23. The van der Waals surface area contributed by atoms with Gasteiger partial charge in [0.1, 0.15) is 18.1 Å². The van der Waals surface area contributed by atoms with Crippen molar-refractivity contribution in [2.75, 3.05) is 0 Å². The van der Waals surface area contributed by atoms with E-state index in [1.165, 1.54) is 12.8 Å². The highest BCUT2D eigenvalue weighted by molar-refractivity contribution is 5.96. The minimum Gasteiger partial charge on any atom is -0.393 e. The van der Waals surface area contributed by atoms with Gasteiger partial charge in [0.05, 0.1) is 18.9 Å². The van der Waals surface area contributed by atoms with Crippen molar-refractivity contribution in [2.24, 2.45) is 23.1 Å². The molecule has 6 amide bonds. The van der Waals surface area contributed by atoms with E-state index in [4.69, 9.17) is 17.2 Å². The number of nitrogens with one attached hydrogen (secondary N) is 3. The van der Waals surface area contributed by atoms with Gasteiger partial charge < -0.3 is 38.3 Å². The van der Waals surface area contributed by atoms with E-state index in [0.29, 0.717) is 6.42 Å². The molecule has 0 saturated carbocycles. The first kappa shape index (κ1) is 36.8. The summed E-state index contributed by atoms with van der Waals surface area (Å²) in [4.78, 5) is 73.1. The molecule has 0 aromatic rings. The molecule has 0 radical (unpaired) electrons. The lowest BCUT2D eigenvalue weighted by atomic mass is 10.0. The number of aliphatic hydroxyl groups is 1. The zero-order valence-electron chi connectivity index (χ0n) is 24.2. The van der Waals surface area contributed by atoms with Crippen LogP contribution in [0.25, 0.3) is 0 Å². The van der Waals surface area contributed by atoms with E-state index < -0.39 is 66.1 Å². The van der Waals surface area contributed by atoms with Crippen molar-refractivity contribution in [1.29, 1.82) is 0 Å². The molecule has 0 saturated heterocycles. The van der Waals surface area contributed by atoms with E-state index in [1.807, 2.05) is 13.8 Å². The smallest absolute Gasteiger partial charge is 0.243 e. The summed E-state index contributed by atoms with van der Waals surface area (Å²) in [6.07, 6.45) is 5.87. The van der Waals surface area contributed by atoms with Crippen molar-refractivity contribution in [3.63, 3.8) is 0 Å². The summed E-state index contributed by atoms with van der Waals surface area (Å²) in [6, 6.07) is -3.76. The number of aliphatic hydroxyl groups excluding tert-OH is 1. The number of hydrogen-bond donors (Lipinski definition) is 7. The Morgan fingerprint density at radius 1 is 0.675 bits per heavy atom. The molecule has 13 heteroatoms. The number of amides is 6. The van der Waals surface area contributed by atoms with Gasteiger partial charge in [-0.05, 0) is 25.2 Å². The Labute approximate surface area is 237 Å². The zero-order valence-corrected chi connectivity index (χ0v) is 24.2. The second-order valence-corrected chi connectivity index (χ2v) is 10.7. The third-order valence-corrected chi connectivity index (χ3v) is 6.30. The van der Waals surface area contributed by atoms with Crippen LogP contribution in [0.3, 0.4) is 0 Å². The molecule has 0 aliphatic rings. The maximum absolute atomic E-state index is 13.0. The molecule has 0 unspecified atom stereocenters. The van der Waals surface area contributed by atoms with E-state index in [2.05, 4.69) is 22.9 Å². The van der Waals surface area contributed by atoms with Crippen LogP contribution in [0, 0.1) is 5.92 Å². The summed E-state index contributed by atoms with van der Waals surface area (Å²) in [5.41, 5.74) is 15.8. The molecule has 0 aliphatic carbocycles. The highest BCUT2D eigenvalue weighted by Gasteiger charge is 2.30. The van der Waals surface area contributed by atoms with E-state index in [-0.39, 0.29) is 31.6 Å². The standard InChI is InChI=1S/C27H50N6O7/c1-4-5-6-7-8-9-10-11-18(34)15-24(37)31-21(16-23(29)36)27(40)32-19(12-13-22(28)35)26(39)33-20(25(30)38)14-17(2)3/h17-21,34H,4-16H2,1-3H3,(H2,28,35)(H2,29,36)(H2,30,38)(H,31,37)(H,32,40)(H,33,39)/t18-,19+,20+,21+/m1/s1. The average molecular weight is 571 g/mol. The van der Waals surface area contributed by atoms with Gasteiger partial charge in [-0.2, -0.15) is 0 Å². The zero-order chi connectivity index (χ0) is 30.7. The Hall–Kier alpha value is -3.22. The SMILES string of the molecule is CCCCCCCCC[C@@H](O)CC(=O)N[C@@H](CC(N)=O)C(=O)N[C@@H](CCC(N)=O)C(=O)N[C@@H](CC(C)C)C(N)=O. The number of carbonyl (C=O) groups is 6. The Kier molecular flexibility index (Phi) is 19.0. The van der Waals surface area contributed by atoms with Crippen LogP contribution in [-0.2, 0) is 28.8 Å². The van der Waals surface area contributed by atoms with Gasteiger partial charge in [-0.25, -0.2) is 0 Å². The molecule has 40 heavy (non-hydrogen) atoms. The Morgan fingerprint density at radius 2 is 1.23 bits per heavy atom. The first-order chi connectivity index (χ1) is 18.8. The lowest BCUT2D eigenvalue weighted by Gasteiger charge is -2.25. The van der Waals surface area contributed by atoms with Crippen LogP contribution < -0.4 is 33.2 Å². The summed E-state index contributed by atoms with van der Waals surface area (Å²) < 4.78 is 0. The summed E-state index contributed by atoms with van der Waals surface area (Å²) >= 11 is 0. The normalized spacial score (nSPS) is 14.0. The number of hydrogen-bond acceptors (Lipinski definition) is 7. The molecule has 0 aromatic heterocycles. The quantitative estimate of drug-likeness (QED) is 0.0829. The summed E-state index contributed by atoms with van der Waals surface area (Å²) in [7, 11) is 0. The minimum atomic E-state index is -1.43. The molecular weight excluding hydrogens is 520 g/mol. The third kappa shape index (κ3) is 18.1. The molecule has 10 N–H and O–H groups in total. The van der Waals surface area contributed by atoms with Crippen LogP contribution >= 0.6 is 0 Å². The molecule has 0 aliphatic heterocycles. The second kappa shape index (κ2) is 20.7. The van der Waals surface area contributed by atoms with Crippen LogP contribution in [0.5, 0.6) is 0 Å². The van der Waals surface area contributed by atoms with Gasteiger partial charge >= 0.3 is 0 Å². The molecule has 13 nitrogen and oxygen atoms in total. The van der Waals surface area contributed by atoms with E-state index >= 15 is 0 Å². The van der Waals surface area contributed by atoms with Crippen LogP contribution in [0.15, 0.2) is 0 Å². The van der Waals surface area contributed by atoms with Crippen molar-refractivity contribution in [1.82, 2.24) is 16.0 Å². The summed E-state index contributed by atoms with van der Waals surface area (Å²) in [5, 5.41) is 17.5. The number of primary amides is 3. The highest BCUT2D eigenvalue weighted by atomic mass is 16.3. The molecular formula is C27H50N6O7. The third-order valence-electron chi connectivity index (χ3n) is 6.30. The predicted molar refractivity (Wildman–Crippen MR) is 150 cm³/mol. The fourth-order valence-corrected chi connectivity index (χ4v) is 4.13. The predicted octanol–water partition coefficient (Wildman–Crippen LogP) is 0.00480. The lowest BCUT2D eigenvalue weighted by molar-refractivity contribution is -0.135. The van der Waals surface area contributed by atoms with Gasteiger partial charge in [0.15, 0.2) is 0 Å². The number of unbranched alkanes of at least 4 members (excludes halogenated alkanes) is 6. The fourth-order valence-electron chi connectivity index (χ4n) is 4.13. The van der Waals surface area contributed by atoms with Crippen LogP contribution in [0.4, 0.5) is 0 Å². The van der Waals surface area contributed by atoms with Gasteiger partial charge in [-0.15, -0.1) is 0 Å². The van der Waals surface area contributed by atoms with Crippen molar-refractivity contribution in [2.45, 2.75) is 128 Å². The molecule has 0 rings (SSSR count). The molecule has 4 atom stereocenters. The van der Waals surface area contributed by atoms with Gasteiger partial charge in [-0.3, -0.25) is 28.8 Å². The molecule has 0 bridgehead atoms. The highest BCUT2D eigenvalue weighted by Crippen LogP contribution is 2.12. The van der Waals surface area contributed by atoms with Gasteiger partial charge in [0.25, 0.3) is 0 Å². The largest absolute Gasteiger partial charge is 0.393 e. The molecule has 0 aromatic carbocycles. The van der Waals surface area contributed by atoms with Crippen molar-refractivity contribution in [3.05, 3.63) is 0 Å². The first-order valence-corrected chi connectivity index (χ1v) is 14.2. The van der Waals surface area contributed by atoms with Crippen LogP contribution in [0.1, 0.15) is 104 Å². The van der Waals surface area contributed by atoms with Crippen molar-refractivity contribution >= 4 is 35.4 Å². The number of nitrogens with two attached hydrogens (primary N) is 3. The summed E-state index contributed by atoms with van der Waals surface area (Å²) in [5.74, 6) is -4.71. The van der Waals surface area contributed by atoms with Crippen LogP contribution in [-0.4, -0.2) is 64.8 Å². The topological polar surface area (TPSA) is 237 Å². The lowest BCUT2D eigenvalue weighted by Crippen LogP contribution is -2.57. The minimum absolute atomic E-state index is 0.0211. The second-order valence-electron chi connectivity index (χ2n) is 10.7. The van der Waals surface area contributed by atoms with Gasteiger partial charge in [0, 0.05) is 6.42 Å². The van der Waals surface area contributed by atoms with Crippen LogP contribution in [0.2, 0.25) is 0 Å². The monoisotopic (exact) mass is 570 g/mol. The Balaban J connectivity index is 5.21. The Morgan fingerprint density at radius 3 is 1.75 bits per heavy atom. The van der Waals surface area contributed by atoms with Crippen molar-refractivity contribution < 1.29 is 33.9 Å². The van der Waals surface area contributed by atoms with Gasteiger partial charge in [-0.1, -0.05) is 65.7 Å². The van der Waals surface area contributed by atoms with E-state index in [9.17, 15) is 33.9 Å². The van der Waals surface area contributed by atoms with Gasteiger partial charge in [0.2, 0.25) is 35.4 Å². The maximum atomic E-state index is 13.0. The number of carbonyl (C=O) groups excluding carboxylic acids is 6. The summed E-state index contributed by atoms with van der Waals surface area (Å²) in [6.45, 7) is 5.81. The van der Waals surface area contributed by atoms with E-state index in [0.717, 1.165) is 32.1 Å². The molecule has 230 valence electrons. The Bertz CT molecular complexity index is 836. The fraction of sp³-hybridized carbons (Fsp3) is 0.778. The van der Waals surface area contributed by atoms with Crippen molar-refractivity contribution in [3.8, 4) is 0 Å². The maximum Gasteiger partial charge on any atom is 0.243 e. The van der Waals surface area contributed by atoms with E-state index in [1.54, 1.807) is 0 Å². The first-order valence-electron chi connectivity index (χ1n) is 14.2. The average Bonchev–Trinajstić information content (AvgIpc) is 2.84. The molecule has 0 fully saturated rings. The molecule has 0 spiro atoms. The molecule has 0 heterocycles.